The standard InChI is InChI=1S/C25H31N7O2/c26-18-20-3-1-4-21(17-20)25(33)32-14-12-31(13-15-32)24-7-6-23(27-28-24)30-10-8-29(9-11-30)19-22-5-2-16-34-22/h1,3-4,6-7,17,22H,2,5,8-16,19H2. The van der Waals surface area contributed by atoms with E-state index in [-0.39, 0.29) is 5.91 Å². The number of aromatic nitrogens is 2. The number of nitriles is 1. The molecule has 34 heavy (non-hydrogen) atoms. The van der Waals surface area contributed by atoms with Gasteiger partial charge in [0, 0.05) is 71.1 Å². The van der Waals surface area contributed by atoms with Crippen LogP contribution in [0.1, 0.15) is 28.8 Å². The van der Waals surface area contributed by atoms with E-state index >= 15 is 0 Å². The quantitative estimate of drug-likeness (QED) is 0.664. The summed E-state index contributed by atoms with van der Waals surface area (Å²) in [6.45, 7) is 8.55. The van der Waals surface area contributed by atoms with Gasteiger partial charge in [0.2, 0.25) is 0 Å². The van der Waals surface area contributed by atoms with Gasteiger partial charge in [-0.05, 0) is 43.2 Å². The molecule has 3 aliphatic rings. The van der Waals surface area contributed by atoms with Gasteiger partial charge in [0.1, 0.15) is 0 Å². The fourth-order valence-corrected chi connectivity index (χ4v) is 4.93. The molecule has 3 saturated heterocycles. The van der Waals surface area contributed by atoms with Crippen molar-refractivity contribution in [2.24, 2.45) is 0 Å². The fourth-order valence-electron chi connectivity index (χ4n) is 4.93. The number of carbonyl (C=O) groups is 1. The second-order valence-electron chi connectivity index (χ2n) is 9.14. The predicted molar refractivity (Wildman–Crippen MR) is 129 cm³/mol. The van der Waals surface area contributed by atoms with Crippen LogP contribution in [0.2, 0.25) is 0 Å². The molecule has 4 heterocycles. The highest BCUT2D eigenvalue weighted by atomic mass is 16.5. The second kappa shape index (κ2) is 10.4. The van der Waals surface area contributed by atoms with E-state index in [4.69, 9.17) is 10.00 Å². The minimum absolute atomic E-state index is 0.0307. The number of amides is 1. The summed E-state index contributed by atoms with van der Waals surface area (Å²) >= 11 is 0. The van der Waals surface area contributed by atoms with Crippen LogP contribution >= 0.6 is 0 Å². The molecule has 1 amide bonds. The van der Waals surface area contributed by atoms with Gasteiger partial charge >= 0.3 is 0 Å². The summed E-state index contributed by atoms with van der Waals surface area (Å²) in [7, 11) is 0. The van der Waals surface area contributed by atoms with Crippen molar-refractivity contribution in [2.45, 2.75) is 18.9 Å². The first-order valence-electron chi connectivity index (χ1n) is 12.2. The monoisotopic (exact) mass is 461 g/mol. The molecule has 1 unspecified atom stereocenters. The number of anilines is 2. The number of benzene rings is 1. The highest BCUT2D eigenvalue weighted by molar-refractivity contribution is 5.94. The van der Waals surface area contributed by atoms with Crippen LogP contribution in [0.25, 0.3) is 0 Å². The fraction of sp³-hybridized carbons (Fsp3) is 0.520. The maximum Gasteiger partial charge on any atom is 0.254 e. The molecule has 0 saturated carbocycles. The Morgan fingerprint density at radius 2 is 1.65 bits per heavy atom. The Bertz CT molecular complexity index is 1020. The molecule has 3 aliphatic heterocycles. The van der Waals surface area contributed by atoms with E-state index in [0.717, 1.165) is 51.0 Å². The molecular weight excluding hydrogens is 430 g/mol. The number of hydrogen-bond donors (Lipinski definition) is 0. The summed E-state index contributed by atoms with van der Waals surface area (Å²) in [6.07, 6.45) is 2.78. The molecule has 0 bridgehead atoms. The van der Waals surface area contributed by atoms with Crippen LogP contribution in [0.15, 0.2) is 36.4 Å². The van der Waals surface area contributed by atoms with Crippen molar-refractivity contribution < 1.29 is 9.53 Å². The number of hydrogen-bond acceptors (Lipinski definition) is 8. The molecule has 9 nitrogen and oxygen atoms in total. The van der Waals surface area contributed by atoms with Crippen LogP contribution < -0.4 is 9.80 Å². The topological polar surface area (TPSA) is 88.8 Å². The highest BCUT2D eigenvalue weighted by Crippen LogP contribution is 2.20. The molecule has 1 aromatic carbocycles. The lowest BCUT2D eigenvalue weighted by atomic mass is 10.1. The van der Waals surface area contributed by atoms with Crippen LogP contribution in [-0.4, -0.2) is 97.5 Å². The molecule has 1 aromatic heterocycles. The Morgan fingerprint density at radius 3 is 2.24 bits per heavy atom. The summed E-state index contributed by atoms with van der Waals surface area (Å²) in [5.41, 5.74) is 1.07. The van der Waals surface area contributed by atoms with Gasteiger partial charge in [-0.25, -0.2) is 0 Å². The zero-order chi connectivity index (χ0) is 23.3. The molecule has 178 valence electrons. The smallest absolute Gasteiger partial charge is 0.254 e. The third-order valence-corrected chi connectivity index (χ3v) is 6.95. The van der Waals surface area contributed by atoms with Gasteiger partial charge in [0.05, 0.1) is 17.7 Å². The molecule has 1 atom stereocenters. The lowest BCUT2D eigenvalue weighted by molar-refractivity contribution is 0.0712. The van der Waals surface area contributed by atoms with Crippen LogP contribution in [-0.2, 0) is 4.74 Å². The molecule has 2 aromatic rings. The SMILES string of the molecule is N#Cc1cccc(C(=O)N2CCN(c3ccc(N4CCN(CC5CCCO5)CC4)nn3)CC2)c1. The number of rotatable bonds is 5. The molecule has 0 aliphatic carbocycles. The van der Waals surface area contributed by atoms with Crippen molar-refractivity contribution in [3.8, 4) is 6.07 Å². The average molecular weight is 462 g/mol. The van der Waals surface area contributed by atoms with Crippen molar-refractivity contribution >= 4 is 17.5 Å². The first kappa shape index (κ1) is 22.6. The van der Waals surface area contributed by atoms with Crippen LogP contribution in [0.4, 0.5) is 11.6 Å². The number of nitrogens with zero attached hydrogens (tertiary/aromatic N) is 7. The van der Waals surface area contributed by atoms with E-state index in [0.29, 0.717) is 43.4 Å². The van der Waals surface area contributed by atoms with Crippen molar-refractivity contribution in [1.82, 2.24) is 20.0 Å². The summed E-state index contributed by atoms with van der Waals surface area (Å²) in [5, 5.41) is 18.1. The van der Waals surface area contributed by atoms with Gasteiger partial charge in [0.25, 0.3) is 5.91 Å². The number of piperazine rings is 2. The van der Waals surface area contributed by atoms with Crippen LogP contribution in [0, 0.1) is 11.3 Å². The Morgan fingerprint density at radius 1 is 0.971 bits per heavy atom. The van der Waals surface area contributed by atoms with Gasteiger partial charge in [0.15, 0.2) is 11.6 Å². The largest absolute Gasteiger partial charge is 0.377 e. The predicted octanol–water partition coefficient (Wildman–Crippen LogP) is 1.61. The minimum atomic E-state index is -0.0307. The average Bonchev–Trinajstić information content (AvgIpc) is 3.42. The Kier molecular flexibility index (Phi) is 6.88. The van der Waals surface area contributed by atoms with E-state index in [9.17, 15) is 4.79 Å². The van der Waals surface area contributed by atoms with Crippen LogP contribution in [0.5, 0.6) is 0 Å². The molecule has 0 spiro atoms. The van der Waals surface area contributed by atoms with Crippen LogP contribution in [0.3, 0.4) is 0 Å². The van der Waals surface area contributed by atoms with Crippen molar-refractivity contribution in [2.75, 3.05) is 75.3 Å². The molecular formula is C25H31N7O2. The minimum Gasteiger partial charge on any atom is -0.377 e. The number of carbonyl (C=O) groups excluding carboxylic acids is 1. The third kappa shape index (κ3) is 5.13. The van der Waals surface area contributed by atoms with E-state index < -0.39 is 0 Å². The molecule has 3 fully saturated rings. The van der Waals surface area contributed by atoms with Crippen molar-refractivity contribution in [1.29, 1.82) is 5.26 Å². The summed E-state index contributed by atoms with van der Waals surface area (Å²) in [4.78, 5) is 21.6. The van der Waals surface area contributed by atoms with E-state index in [1.165, 1.54) is 12.8 Å². The first-order valence-corrected chi connectivity index (χ1v) is 12.2. The first-order chi connectivity index (χ1) is 16.7. The van der Waals surface area contributed by atoms with E-state index in [1.54, 1.807) is 24.3 Å². The van der Waals surface area contributed by atoms with Crippen molar-refractivity contribution in [3.63, 3.8) is 0 Å². The second-order valence-corrected chi connectivity index (χ2v) is 9.14. The Balaban J connectivity index is 1.11. The highest BCUT2D eigenvalue weighted by Gasteiger charge is 2.25. The normalized spacial score (nSPS) is 21.5. The lowest BCUT2D eigenvalue weighted by Crippen LogP contribution is -2.49. The number of ether oxygens (including phenoxy) is 1. The Hall–Kier alpha value is -3.22. The van der Waals surface area contributed by atoms with Gasteiger partial charge in [-0.2, -0.15) is 5.26 Å². The van der Waals surface area contributed by atoms with Gasteiger partial charge in [-0.3, -0.25) is 9.69 Å². The van der Waals surface area contributed by atoms with E-state index in [2.05, 4.69) is 37.0 Å². The summed E-state index contributed by atoms with van der Waals surface area (Å²) < 4.78 is 5.77. The maximum absolute atomic E-state index is 12.8. The summed E-state index contributed by atoms with van der Waals surface area (Å²) in [5.74, 6) is 1.74. The molecule has 0 N–H and O–H groups in total. The molecule has 0 radical (unpaired) electrons. The molecule has 5 rings (SSSR count). The van der Waals surface area contributed by atoms with Gasteiger partial charge in [-0.15, -0.1) is 10.2 Å². The zero-order valence-electron chi connectivity index (χ0n) is 19.5. The van der Waals surface area contributed by atoms with Gasteiger partial charge in [-0.1, -0.05) is 6.07 Å². The third-order valence-electron chi connectivity index (χ3n) is 6.95. The molecule has 9 heteroatoms. The lowest BCUT2D eigenvalue weighted by Gasteiger charge is -2.37. The zero-order valence-corrected chi connectivity index (χ0v) is 19.5. The maximum atomic E-state index is 12.8. The van der Waals surface area contributed by atoms with E-state index in [1.807, 2.05) is 11.0 Å². The Labute approximate surface area is 200 Å². The van der Waals surface area contributed by atoms with Crippen molar-refractivity contribution in [3.05, 3.63) is 47.5 Å². The van der Waals surface area contributed by atoms with Gasteiger partial charge < -0.3 is 19.4 Å². The summed E-state index contributed by atoms with van der Waals surface area (Å²) in [6, 6.07) is 13.1.